The smallest absolute Gasteiger partial charge is 0.260 e. The average Bonchev–Trinajstić information content (AvgIpc) is 2.75. The molecule has 0 atom stereocenters. The Morgan fingerprint density at radius 3 is 1.87 bits per heavy atom. The van der Waals surface area contributed by atoms with Crippen LogP contribution in [0.25, 0.3) is 0 Å². The topological polar surface area (TPSA) is 59.1 Å². The minimum Gasteiger partial charge on any atom is -0.484 e. The normalized spacial score (nSPS) is 13.8. The maximum Gasteiger partial charge on any atom is 0.260 e. The molecule has 2 aromatic carbocycles. The molecule has 0 saturated carbocycles. The van der Waals surface area contributed by atoms with Gasteiger partial charge >= 0.3 is 0 Å². The summed E-state index contributed by atoms with van der Waals surface area (Å²) in [7, 11) is 0. The van der Waals surface area contributed by atoms with Gasteiger partial charge in [-0.1, -0.05) is 29.8 Å². The summed E-state index contributed by atoms with van der Waals surface area (Å²) in [6.07, 6.45) is 0. The van der Waals surface area contributed by atoms with Gasteiger partial charge in [-0.3, -0.25) is 9.59 Å². The van der Waals surface area contributed by atoms with Crippen LogP contribution in [0.5, 0.6) is 11.5 Å². The fourth-order valence-corrected chi connectivity index (χ4v) is 3.77. The van der Waals surface area contributed by atoms with E-state index in [1.807, 2.05) is 58.9 Å². The van der Waals surface area contributed by atoms with E-state index in [9.17, 15) is 9.59 Å². The van der Waals surface area contributed by atoms with Crippen molar-refractivity contribution in [3.63, 3.8) is 0 Å². The molecule has 0 aliphatic carbocycles. The number of nitrogens with zero attached hydrogens (tertiary/aromatic N) is 2. The number of carbonyl (C=O) groups is 2. The van der Waals surface area contributed by atoms with Gasteiger partial charge in [-0.2, -0.15) is 0 Å². The molecule has 1 fully saturated rings. The van der Waals surface area contributed by atoms with Crippen LogP contribution in [0, 0.1) is 34.6 Å². The van der Waals surface area contributed by atoms with Crippen molar-refractivity contribution in [1.29, 1.82) is 0 Å². The summed E-state index contributed by atoms with van der Waals surface area (Å²) in [5, 5.41) is 0. The fourth-order valence-electron chi connectivity index (χ4n) is 3.77. The fraction of sp³-hybridized carbons (Fsp3) is 0.440. The Labute approximate surface area is 184 Å². The predicted octanol–water partition coefficient (Wildman–Crippen LogP) is 3.36. The second-order valence-electron chi connectivity index (χ2n) is 8.26. The summed E-state index contributed by atoms with van der Waals surface area (Å²) in [5.74, 6) is 1.39. The first kappa shape index (κ1) is 22.7. The number of hydrogen-bond acceptors (Lipinski definition) is 4. The van der Waals surface area contributed by atoms with Crippen molar-refractivity contribution in [3.05, 3.63) is 58.1 Å². The van der Waals surface area contributed by atoms with Crippen LogP contribution in [0.1, 0.15) is 27.8 Å². The molecule has 6 heteroatoms. The highest BCUT2D eigenvalue weighted by atomic mass is 16.5. The van der Waals surface area contributed by atoms with E-state index in [4.69, 9.17) is 9.47 Å². The van der Waals surface area contributed by atoms with Gasteiger partial charge in [0.15, 0.2) is 13.2 Å². The van der Waals surface area contributed by atoms with E-state index in [0.29, 0.717) is 26.2 Å². The molecule has 0 bridgehead atoms. The van der Waals surface area contributed by atoms with Gasteiger partial charge in [0.25, 0.3) is 11.8 Å². The van der Waals surface area contributed by atoms with Crippen LogP contribution in [-0.4, -0.2) is 61.0 Å². The largest absolute Gasteiger partial charge is 0.484 e. The molecule has 0 aromatic heterocycles. The van der Waals surface area contributed by atoms with E-state index in [1.54, 1.807) is 9.80 Å². The Balaban J connectivity index is 1.46. The van der Waals surface area contributed by atoms with Crippen LogP contribution in [0.4, 0.5) is 0 Å². The van der Waals surface area contributed by atoms with Crippen molar-refractivity contribution < 1.29 is 19.1 Å². The van der Waals surface area contributed by atoms with Crippen LogP contribution in [0.3, 0.4) is 0 Å². The van der Waals surface area contributed by atoms with Crippen LogP contribution < -0.4 is 9.47 Å². The Morgan fingerprint density at radius 2 is 1.29 bits per heavy atom. The van der Waals surface area contributed by atoms with Crippen LogP contribution in [0.2, 0.25) is 0 Å². The summed E-state index contributed by atoms with van der Waals surface area (Å²) in [6, 6.07) is 9.96. The van der Waals surface area contributed by atoms with Crippen molar-refractivity contribution in [1.82, 2.24) is 9.80 Å². The first-order valence-electron chi connectivity index (χ1n) is 10.7. The predicted molar refractivity (Wildman–Crippen MR) is 121 cm³/mol. The summed E-state index contributed by atoms with van der Waals surface area (Å²) < 4.78 is 11.6. The van der Waals surface area contributed by atoms with Gasteiger partial charge in [0.05, 0.1) is 0 Å². The molecular weight excluding hydrogens is 392 g/mol. The number of benzene rings is 2. The number of aryl methyl sites for hydroxylation is 4. The second kappa shape index (κ2) is 9.86. The zero-order chi connectivity index (χ0) is 22.5. The summed E-state index contributed by atoms with van der Waals surface area (Å²) in [5.41, 5.74) is 5.40. The molecule has 2 amide bonds. The van der Waals surface area contributed by atoms with Crippen LogP contribution in [-0.2, 0) is 9.59 Å². The quantitative estimate of drug-likeness (QED) is 0.714. The molecular formula is C25H32N2O4. The standard InChI is InChI=1S/C25H32N2O4/c1-17-6-9-22(20(4)14-17)30-15-23(28)26-10-12-27(13-11-26)24(29)16-31-25-19(3)8-7-18(2)21(25)5/h6-9,14H,10-13,15-16H2,1-5H3. The Bertz CT molecular complexity index is 962. The van der Waals surface area contributed by atoms with E-state index < -0.39 is 0 Å². The van der Waals surface area contributed by atoms with Crippen molar-refractivity contribution in [3.8, 4) is 11.5 Å². The highest BCUT2D eigenvalue weighted by Gasteiger charge is 2.25. The van der Waals surface area contributed by atoms with Crippen molar-refractivity contribution in [2.24, 2.45) is 0 Å². The molecule has 1 aliphatic rings. The third kappa shape index (κ3) is 5.57. The Morgan fingerprint density at radius 1 is 0.742 bits per heavy atom. The first-order chi connectivity index (χ1) is 14.8. The van der Waals surface area contributed by atoms with E-state index >= 15 is 0 Å². The number of piperazine rings is 1. The van der Waals surface area contributed by atoms with E-state index in [1.165, 1.54) is 0 Å². The van der Waals surface area contributed by atoms with E-state index in [-0.39, 0.29) is 25.0 Å². The lowest BCUT2D eigenvalue weighted by molar-refractivity contribution is -0.141. The number of hydrogen-bond donors (Lipinski definition) is 0. The highest BCUT2D eigenvalue weighted by Crippen LogP contribution is 2.25. The molecule has 0 unspecified atom stereocenters. The molecule has 2 aromatic rings. The molecule has 31 heavy (non-hydrogen) atoms. The maximum atomic E-state index is 12.6. The molecule has 0 N–H and O–H groups in total. The lowest BCUT2D eigenvalue weighted by atomic mass is 10.1. The van der Waals surface area contributed by atoms with Gasteiger partial charge in [0, 0.05) is 26.2 Å². The molecule has 0 spiro atoms. The number of amides is 2. The zero-order valence-electron chi connectivity index (χ0n) is 19.2. The van der Waals surface area contributed by atoms with E-state index in [2.05, 4.69) is 6.07 Å². The van der Waals surface area contributed by atoms with Gasteiger partial charge in [-0.05, 0) is 62.9 Å². The second-order valence-corrected chi connectivity index (χ2v) is 8.26. The number of ether oxygens (including phenoxy) is 2. The number of rotatable bonds is 6. The SMILES string of the molecule is Cc1ccc(OCC(=O)N2CCN(C(=O)COc3c(C)ccc(C)c3C)CC2)c(C)c1. The van der Waals surface area contributed by atoms with E-state index in [0.717, 1.165) is 39.3 Å². The van der Waals surface area contributed by atoms with Gasteiger partial charge in [0.2, 0.25) is 0 Å². The molecule has 1 saturated heterocycles. The maximum absolute atomic E-state index is 12.6. The summed E-state index contributed by atoms with van der Waals surface area (Å²) in [6.45, 7) is 12.0. The molecule has 1 heterocycles. The lowest BCUT2D eigenvalue weighted by Crippen LogP contribution is -2.52. The van der Waals surface area contributed by atoms with Crippen molar-refractivity contribution in [2.75, 3.05) is 39.4 Å². The monoisotopic (exact) mass is 424 g/mol. The van der Waals surface area contributed by atoms with Crippen LogP contribution in [0.15, 0.2) is 30.3 Å². The minimum absolute atomic E-state index is 0.00682. The average molecular weight is 425 g/mol. The lowest BCUT2D eigenvalue weighted by Gasteiger charge is -2.34. The Kier molecular flexibility index (Phi) is 7.21. The van der Waals surface area contributed by atoms with Gasteiger partial charge in [-0.25, -0.2) is 0 Å². The molecule has 166 valence electrons. The number of carbonyl (C=O) groups excluding carboxylic acids is 2. The van der Waals surface area contributed by atoms with Crippen LogP contribution >= 0.6 is 0 Å². The van der Waals surface area contributed by atoms with Gasteiger partial charge in [0.1, 0.15) is 11.5 Å². The van der Waals surface area contributed by atoms with Gasteiger partial charge < -0.3 is 19.3 Å². The molecule has 1 aliphatic heterocycles. The van der Waals surface area contributed by atoms with Crippen molar-refractivity contribution >= 4 is 11.8 Å². The third-order valence-electron chi connectivity index (χ3n) is 5.88. The third-order valence-corrected chi connectivity index (χ3v) is 5.88. The minimum atomic E-state index is -0.0608. The van der Waals surface area contributed by atoms with Gasteiger partial charge in [-0.15, -0.1) is 0 Å². The zero-order valence-corrected chi connectivity index (χ0v) is 19.2. The first-order valence-corrected chi connectivity index (χ1v) is 10.7. The molecule has 6 nitrogen and oxygen atoms in total. The highest BCUT2D eigenvalue weighted by molar-refractivity contribution is 5.80. The molecule has 3 rings (SSSR count). The van der Waals surface area contributed by atoms with Crippen molar-refractivity contribution in [2.45, 2.75) is 34.6 Å². The molecule has 0 radical (unpaired) electrons. The summed E-state index contributed by atoms with van der Waals surface area (Å²) >= 11 is 0. The Hall–Kier alpha value is -3.02. The summed E-state index contributed by atoms with van der Waals surface area (Å²) in [4.78, 5) is 28.6.